The second-order valence-electron chi connectivity index (χ2n) is 2.87. The predicted molar refractivity (Wildman–Crippen MR) is 67.8 cm³/mol. The molecule has 0 bridgehead atoms. The molecule has 0 heterocycles. The minimum absolute atomic E-state index is 0. The van der Waals surface area contributed by atoms with E-state index in [2.05, 4.69) is 51.3 Å². The molecule has 0 N–H and O–H groups in total. The number of benzene rings is 1. The molecule has 0 heteroatoms. The molecule has 0 atom stereocenters. The topological polar surface area (TPSA) is 0 Å². The largest absolute Gasteiger partial charge is 0.106 e. The normalized spacial score (nSPS) is 8.14. The Hall–Kier alpha value is -1.04. The Kier molecular flexibility index (Phi) is 11.1. The summed E-state index contributed by atoms with van der Waals surface area (Å²) < 4.78 is 0. The third kappa shape index (κ3) is 4.86. The molecule has 0 radical (unpaired) electrons. The highest BCUT2D eigenvalue weighted by molar-refractivity contribution is 5.26. The van der Waals surface area contributed by atoms with E-state index in [4.69, 9.17) is 0 Å². The van der Waals surface area contributed by atoms with Crippen LogP contribution < -0.4 is 0 Å². The molecule has 1 aromatic rings. The Morgan fingerprint density at radius 1 is 1.00 bits per heavy atom. The maximum Gasteiger partial charge on any atom is -0.0279 e. The van der Waals surface area contributed by atoms with Crippen molar-refractivity contribution in [1.29, 1.82) is 0 Å². The standard InChI is InChI=1S/C11H16.C2H4.CH4/c1-3-7-11-9-6-5-8-10(11)4-2;1-2;/h5-6,8-9H,3-4,7H2,1-2H3;1-2H2;1H4. The van der Waals surface area contributed by atoms with Gasteiger partial charge >= 0.3 is 0 Å². The van der Waals surface area contributed by atoms with Crippen LogP contribution in [0.15, 0.2) is 37.4 Å². The van der Waals surface area contributed by atoms with Crippen LogP contribution in [0.5, 0.6) is 0 Å². The molecule has 80 valence electrons. The third-order valence-electron chi connectivity index (χ3n) is 2.02. The lowest BCUT2D eigenvalue weighted by atomic mass is 10.0. The van der Waals surface area contributed by atoms with E-state index >= 15 is 0 Å². The molecule has 1 aromatic carbocycles. The van der Waals surface area contributed by atoms with Crippen molar-refractivity contribution in [3.63, 3.8) is 0 Å². The third-order valence-corrected chi connectivity index (χ3v) is 2.02. The van der Waals surface area contributed by atoms with Gasteiger partial charge in [0.25, 0.3) is 0 Å². The van der Waals surface area contributed by atoms with Crippen LogP contribution in [0.4, 0.5) is 0 Å². The van der Waals surface area contributed by atoms with Crippen molar-refractivity contribution in [3.05, 3.63) is 48.6 Å². The fourth-order valence-corrected chi connectivity index (χ4v) is 1.42. The molecular formula is C14H24. The lowest BCUT2D eigenvalue weighted by molar-refractivity contribution is 0.899. The van der Waals surface area contributed by atoms with E-state index in [1.165, 1.54) is 24.0 Å². The minimum atomic E-state index is 0. The van der Waals surface area contributed by atoms with Crippen LogP contribution in [0.3, 0.4) is 0 Å². The molecule has 14 heavy (non-hydrogen) atoms. The first-order valence-corrected chi connectivity index (χ1v) is 4.95. The van der Waals surface area contributed by atoms with E-state index in [-0.39, 0.29) is 7.43 Å². The highest BCUT2D eigenvalue weighted by Crippen LogP contribution is 2.10. The van der Waals surface area contributed by atoms with Crippen LogP contribution in [0.1, 0.15) is 38.8 Å². The molecule has 0 amide bonds. The van der Waals surface area contributed by atoms with Crippen molar-refractivity contribution in [3.8, 4) is 0 Å². The van der Waals surface area contributed by atoms with Crippen LogP contribution in [-0.2, 0) is 12.8 Å². The predicted octanol–water partition coefficient (Wildman–Crippen LogP) is 4.64. The molecule has 0 nitrogen and oxygen atoms in total. The van der Waals surface area contributed by atoms with E-state index in [1.54, 1.807) is 0 Å². The minimum Gasteiger partial charge on any atom is -0.106 e. The first kappa shape index (κ1) is 15.4. The smallest absolute Gasteiger partial charge is 0.0279 e. The van der Waals surface area contributed by atoms with Gasteiger partial charge in [0.1, 0.15) is 0 Å². The van der Waals surface area contributed by atoms with E-state index < -0.39 is 0 Å². The molecule has 0 aliphatic carbocycles. The average Bonchev–Trinajstić information content (AvgIpc) is 2.22. The van der Waals surface area contributed by atoms with E-state index in [9.17, 15) is 0 Å². The Labute approximate surface area is 89.7 Å². The van der Waals surface area contributed by atoms with E-state index in [1.807, 2.05) is 0 Å². The van der Waals surface area contributed by atoms with Crippen LogP contribution in [0.25, 0.3) is 0 Å². The molecule has 0 unspecified atom stereocenters. The summed E-state index contributed by atoms with van der Waals surface area (Å²) in [7, 11) is 0. The van der Waals surface area contributed by atoms with Crippen molar-refractivity contribution in [1.82, 2.24) is 0 Å². The van der Waals surface area contributed by atoms with Crippen LogP contribution in [-0.4, -0.2) is 0 Å². The molecule has 0 aliphatic heterocycles. The van der Waals surface area contributed by atoms with E-state index in [0.717, 1.165) is 6.42 Å². The molecular weight excluding hydrogens is 168 g/mol. The summed E-state index contributed by atoms with van der Waals surface area (Å²) in [5, 5.41) is 0. The first-order valence-electron chi connectivity index (χ1n) is 4.95. The van der Waals surface area contributed by atoms with Crippen molar-refractivity contribution in [2.75, 3.05) is 0 Å². The summed E-state index contributed by atoms with van der Waals surface area (Å²) in [6, 6.07) is 8.72. The van der Waals surface area contributed by atoms with Crippen LogP contribution in [0, 0.1) is 0 Å². The summed E-state index contributed by atoms with van der Waals surface area (Å²) in [6.07, 6.45) is 3.64. The fourth-order valence-electron chi connectivity index (χ4n) is 1.42. The number of hydrogen-bond acceptors (Lipinski definition) is 0. The van der Waals surface area contributed by atoms with Crippen molar-refractivity contribution in [2.45, 2.75) is 40.5 Å². The van der Waals surface area contributed by atoms with Gasteiger partial charge in [-0.15, -0.1) is 13.2 Å². The fraction of sp³-hybridized carbons (Fsp3) is 0.429. The second kappa shape index (κ2) is 10.0. The summed E-state index contributed by atoms with van der Waals surface area (Å²) >= 11 is 0. The Morgan fingerprint density at radius 3 is 1.93 bits per heavy atom. The zero-order valence-electron chi connectivity index (χ0n) is 8.84. The molecule has 0 saturated carbocycles. The summed E-state index contributed by atoms with van der Waals surface area (Å²) in [6.45, 7) is 10.4. The maximum atomic E-state index is 3.00. The van der Waals surface area contributed by atoms with Gasteiger partial charge in [-0.2, -0.15) is 0 Å². The first-order chi connectivity index (χ1) is 6.38. The van der Waals surface area contributed by atoms with Gasteiger partial charge in [0, 0.05) is 0 Å². The van der Waals surface area contributed by atoms with Gasteiger partial charge in [-0.25, -0.2) is 0 Å². The number of aryl methyl sites for hydroxylation is 2. The molecule has 0 aliphatic rings. The number of hydrogen-bond donors (Lipinski definition) is 0. The van der Waals surface area contributed by atoms with Gasteiger partial charge in [-0.1, -0.05) is 52.0 Å². The molecule has 0 saturated heterocycles. The van der Waals surface area contributed by atoms with Gasteiger partial charge in [-0.05, 0) is 24.0 Å². The Morgan fingerprint density at radius 2 is 1.50 bits per heavy atom. The number of rotatable bonds is 3. The molecule has 0 aromatic heterocycles. The van der Waals surface area contributed by atoms with Crippen molar-refractivity contribution in [2.24, 2.45) is 0 Å². The quantitative estimate of drug-likeness (QED) is 0.612. The average molecular weight is 192 g/mol. The zero-order valence-corrected chi connectivity index (χ0v) is 8.84. The maximum absolute atomic E-state index is 3.00. The van der Waals surface area contributed by atoms with Gasteiger partial charge < -0.3 is 0 Å². The van der Waals surface area contributed by atoms with Gasteiger partial charge in [-0.3, -0.25) is 0 Å². The van der Waals surface area contributed by atoms with E-state index in [0.29, 0.717) is 0 Å². The molecule has 0 fully saturated rings. The van der Waals surface area contributed by atoms with Crippen molar-refractivity contribution < 1.29 is 0 Å². The van der Waals surface area contributed by atoms with Gasteiger partial charge in [0.2, 0.25) is 0 Å². The van der Waals surface area contributed by atoms with Gasteiger partial charge in [0.05, 0.1) is 0 Å². The monoisotopic (exact) mass is 192 g/mol. The Balaban J connectivity index is 0. The van der Waals surface area contributed by atoms with Crippen LogP contribution in [0.2, 0.25) is 0 Å². The van der Waals surface area contributed by atoms with Crippen molar-refractivity contribution >= 4 is 0 Å². The summed E-state index contributed by atoms with van der Waals surface area (Å²) in [5.74, 6) is 0. The van der Waals surface area contributed by atoms with Crippen LogP contribution >= 0.6 is 0 Å². The molecule has 1 rings (SSSR count). The highest BCUT2D eigenvalue weighted by atomic mass is 14.0. The molecule has 0 spiro atoms. The lowest BCUT2D eigenvalue weighted by Crippen LogP contribution is -1.90. The SMILES string of the molecule is C.C=C.CCCc1ccccc1CC. The Bertz CT molecular complexity index is 225. The zero-order chi connectivity index (χ0) is 10.1. The summed E-state index contributed by atoms with van der Waals surface area (Å²) in [4.78, 5) is 0. The van der Waals surface area contributed by atoms with Gasteiger partial charge in [0.15, 0.2) is 0 Å². The summed E-state index contributed by atoms with van der Waals surface area (Å²) in [5.41, 5.74) is 3.03. The highest BCUT2D eigenvalue weighted by Gasteiger charge is 1.96. The second-order valence-corrected chi connectivity index (χ2v) is 2.87. The lowest BCUT2D eigenvalue weighted by Gasteiger charge is -2.04.